The number of thioether (sulfide) groups is 1. The maximum atomic E-state index is 5.96. The topological polar surface area (TPSA) is 9.23 Å². The largest absolute Gasteiger partial charge is 0.373 e. The summed E-state index contributed by atoms with van der Waals surface area (Å²) in [4.78, 5) is 0. The van der Waals surface area contributed by atoms with Crippen molar-refractivity contribution >= 4 is 23.4 Å². The highest BCUT2D eigenvalue weighted by Crippen LogP contribution is 2.46. The fraction of sp³-hybridized carbons (Fsp3) is 0.538. The summed E-state index contributed by atoms with van der Waals surface area (Å²) in [6.45, 7) is 0.904. The minimum Gasteiger partial charge on any atom is -0.373 e. The molecule has 86 valence electrons. The third kappa shape index (κ3) is 1.99. The van der Waals surface area contributed by atoms with Crippen LogP contribution in [0.15, 0.2) is 24.3 Å². The molecule has 16 heavy (non-hydrogen) atoms. The molecule has 2 aliphatic rings. The molecule has 0 aromatic heterocycles. The van der Waals surface area contributed by atoms with Gasteiger partial charge in [-0.05, 0) is 36.3 Å². The minimum atomic E-state index is 0.297. The smallest absolute Gasteiger partial charge is 0.0863 e. The number of benzene rings is 1. The van der Waals surface area contributed by atoms with E-state index in [1.54, 1.807) is 0 Å². The van der Waals surface area contributed by atoms with Crippen LogP contribution in [0.5, 0.6) is 0 Å². The molecule has 2 aliphatic heterocycles. The van der Waals surface area contributed by atoms with Crippen LogP contribution in [0, 0.1) is 5.92 Å². The van der Waals surface area contributed by atoms with Gasteiger partial charge in [0.15, 0.2) is 0 Å². The summed E-state index contributed by atoms with van der Waals surface area (Å²) in [7, 11) is 0. The summed E-state index contributed by atoms with van der Waals surface area (Å²) in [5.74, 6) is 2.00. The third-order valence-electron chi connectivity index (χ3n) is 3.55. The Morgan fingerprint density at radius 2 is 2.00 bits per heavy atom. The van der Waals surface area contributed by atoms with Crippen LogP contribution in [-0.2, 0) is 4.74 Å². The zero-order chi connectivity index (χ0) is 11.0. The molecule has 1 aromatic carbocycles. The van der Waals surface area contributed by atoms with Crippen LogP contribution in [0.3, 0.4) is 0 Å². The maximum absolute atomic E-state index is 5.96. The number of fused-ring (bicyclic) bond motifs is 1. The first-order valence-corrected chi connectivity index (χ1v) is 7.26. The second-order valence-electron chi connectivity index (χ2n) is 4.49. The lowest BCUT2D eigenvalue weighted by Crippen LogP contribution is -2.29. The quantitative estimate of drug-likeness (QED) is 0.751. The molecule has 1 aromatic rings. The highest BCUT2D eigenvalue weighted by Gasteiger charge is 2.38. The number of hydrogen-bond acceptors (Lipinski definition) is 2. The monoisotopic (exact) mass is 254 g/mol. The molecule has 0 aliphatic carbocycles. The first-order chi connectivity index (χ1) is 7.84. The van der Waals surface area contributed by atoms with Crippen molar-refractivity contribution < 1.29 is 4.74 Å². The van der Waals surface area contributed by atoms with Crippen molar-refractivity contribution in [1.29, 1.82) is 0 Å². The second kappa shape index (κ2) is 4.59. The van der Waals surface area contributed by atoms with Crippen LogP contribution in [0.4, 0.5) is 0 Å². The van der Waals surface area contributed by atoms with Crippen LogP contribution in [0.25, 0.3) is 0 Å². The van der Waals surface area contributed by atoms with E-state index < -0.39 is 0 Å². The molecule has 0 amide bonds. The van der Waals surface area contributed by atoms with Gasteiger partial charge in [0.2, 0.25) is 0 Å². The minimum absolute atomic E-state index is 0.297. The van der Waals surface area contributed by atoms with Gasteiger partial charge < -0.3 is 4.74 Å². The molecule has 3 atom stereocenters. The molecule has 0 bridgehead atoms. The molecule has 2 saturated heterocycles. The summed E-state index contributed by atoms with van der Waals surface area (Å²) in [6, 6.07) is 8.15. The Morgan fingerprint density at radius 3 is 2.81 bits per heavy atom. The zero-order valence-electron chi connectivity index (χ0n) is 9.06. The summed E-state index contributed by atoms with van der Waals surface area (Å²) in [5.41, 5.74) is 1.29. The van der Waals surface area contributed by atoms with Gasteiger partial charge in [0.1, 0.15) is 0 Å². The van der Waals surface area contributed by atoms with Crippen molar-refractivity contribution in [2.24, 2.45) is 5.92 Å². The fourth-order valence-electron chi connectivity index (χ4n) is 2.74. The Balaban J connectivity index is 1.85. The van der Waals surface area contributed by atoms with Crippen molar-refractivity contribution in [3.05, 3.63) is 34.9 Å². The third-order valence-corrected chi connectivity index (χ3v) is 5.28. The zero-order valence-corrected chi connectivity index (χ0v) is 10.6. The Kier molecular flexibility index (Phi) is 3.14. The van der Waals surface area contributed by atoms with Crippen molar-refractivity contribution in [3.63, 3.8) is 0 Å². The molecular formula is C13H15ClOS. The molecule has 1 nitrogen and oxygen atoms in total. The van der Waals surface area contributed by atoms with Crippen molar-refractivity contribution in [1.82, 2.24) is 0 Å². The molecule has 0 saturated carbocycles. The van der Waals surface area contributed by atoms with Crippen LogP contribution < -0.4 is 0 Å². The lowest BCUT2D eigenvalue weighted by molar-refractivity contribution is -0.0223. The van der Waals surface area contributed by atoms with Gasteiger partial charge in [-0.3, -0.25) is 0 Å². The number of ether oxygens (including phenoxy) is 1. The van der Waals surface area contributed by atoms with E-state index in [1.165, 1.54) is 24.2 Å². The Labute approximate surface area is 106 Å². The number of rotatable bonds is 1. The van der Waals surface area contributed by atoms with Gasteiger partial charge in [-0.15, -0.1) is 0 Å². The van der Waals surface area contributed by atoms with Gasteiger partial charge >= 0.3 is 0 Å². The predicted octanol–water partition coefficient (Wildman–Crippen LogP) is 3.92. The first-order valence-electron chi connectivity index (χ1n) is 5.83. The van der Waals surface area contributed by atoms with E-state index in [2.05, 4.69) is 23.9 Å². The van der Waals surface area contributed by atoms with E-state index in [4.69, 9.17) is 16.3 Å². The van der Waals surface area contributed by atoms with E-state index in [0.29, 0.717) is 12.0 Å². The summed E-state index contributed by atoms with van der Waals surface area (Å²) in [6.07, 6.45) is 2.81. The van der Waals surface area contributed by atoms with Gasteiger partial charge in [-0.1, -0.05) is 23.7 Å². The summed E-state index contributed by atoms with van der Waals surface area (Å²) >= 11 is 8.04. The maximum Gasteiger partial charge on any atom is 0.0863 e. The second-order valence-corrected chi connectivity index (χ2v) is 6.28. The van der Waals surface area contributed by atoms with Crippen molar-refractivity contribution in [2.75, 3.05) is 12.4 Å². The first kappa shape index (κ1) is 10.9. The van der Waals surface area contributed by atoms with E-state index in [9.17, 15) is 0 Å². The number of hydrogen-bond donors (Lipinski definition) is 0. The van der Waals surface area contributed by atoms with Crippen molar-refractivity contribution in [3.8, 4) is 0 Å². The van der Waals surface area contributed by atoms with Gasteiger partial charge in [0.05, 0.1) is 6.10 Å². The number of halogens is 1. The standard InChI is InChI=1S/C13H15ClOS/c14-10-3-1-9(2-4-10)13-11-6-8-16-12(11)5-7-15-13/h1-4,11-13H,5-8H2/t11-,12+,13?/m1/s1. The highest BCUT2D eigenvalue weighted by molar-refractivity contribution is 8.00. The molecule has 0 spiro atoms. The average molecular weight is 255 g/mol. The van der Waals surface area contributed by atoms with Crippen LogP contribution in [0.1, 0.15) is 24.5 Å². The lowest BCUT2D eigenvalue weighted by Gasteiger charge is -2.33. The SMILES string of the molecule is Clc1ccc(C2OCC[C@@H]3SCC[C@@H]23)cc1. The fourth-order valence-corrected chi connectivity index (χ4v) is 4.37. The molecule has 0 N–H and O–H groups in total. The Morgan fingerprint density at radius 1 is 1.19 bits per heavy atom. The van der Waals surface area contributed by atoms with Crippen LogP contribution in [0.2, 0.25) is 5.02 Å². The van der Waals surface area contributed by atoms with Gasteiger partial charge in [0.25, 0.3) is 0 Å². The summed E-state index contributed by atoms with van der Waals surface area (Å²) in [5, 5.41) is 1.62. The van der Waals surface area contributed by atoms with Gasteiger partial charge in [0, 0.05) is 22.8 Å². The van der Waals surface area contributed by atoms with Gasteiger partial charge in [-0.25, -0.2) is 0 Å². The molecule has 3 rings (SSSR count). The molecular weight excluding hydrogens is 240 g/mol. The molecule has 2 fully saturated rings. The Bertz CT molecular complexity index is 365. The Hall–Kier alpha value is -0.180. The summed E-state index contributed by atoms with van der Waals surface area (Å²) < 4.78 is 5.96. The van der Waals surface area contributed by atoms with Crippen LogP contribution >= 0.6 is 23.4 Å². The molecule has 3 heteroatoms. The van der Waals surface area contributed by atoms with Crippen LogP contribution in [-0.4, -0.2) is 17.6 Å². The average Bonchev–Trinajstić information content (AvgIpc) is 2.78. The van der Waals surface area contributed by atoms with E-state index in [1.807, 2.05) is 12.1 Å². The van der Waals surface area contributed by atoms with Crippen molar-refractivity contribution in [2.45, 2.75) is 24.2 Å². The normalized spacial score (nSPS) is 33.7. The lowest BCUT2D eigenvalue weighted by atomic mass is 9.87. The molecule has 1 unspecified atom stereocenters. The van der Waals surface area contributed by atoms with E-state index in [0.717, 1.165) is 16.9 Å². The molecule has 2 heterocycles. The highest BCUT2D eigenvalue weighted by atomic mass is 35.5. The van der Waals surface area contributed by atoms with E-state index >= 15 is 0 Å². The van der Waals surface area contributed by atoms with Gasteiger partial charge in [-0.2, -0.15) is 11.8 Å². The molecule has 0 radical (unpaired) electrons. The van der Waals surface area contributed by atoms with E-state index in [-0.39, 0.29) is 0 Å². The predicted molar refractivity (Wildman–Crippen MR) is 69.1 cm³/mol.